The smallest absolute Gasteiger partial charge is 0.137 e. The fraction of sp³-hybridized carbons (Fsp3) is 0.556. The molecule has 1 heterocycles. The van der Waals surface area contributed by atoms with Gasteiger partial charge in [-0.25, -0.2) is 4.98 Å². The third-order valence-corrected chi connectivity index (χ3v) is 5.88. The normalized spacial score (nSPS) is 29.9. The fourth-order valence-corrected chi connectivity index (χ4v) is 3.99. The summed E-state index contributed by atoms with van der Waals surface area (Å²) in [6.45, 7) is 2.63. The quantitative estimate of drug-likeness (QED) is 0.683. The van der Waals surface area contributed by atoms with Crippen LogP contribution in [0.3, 0.4) is 0 Å². The Labute approximate surface area is 142 Å². The number of nitrogens with zero attached hydrogens (tertiary/aromatic N) is 3. The molecule has 0 bridgehead atoms. The zero-order chi connectivity index (χ0) is 16.3. The van der Waals surface area contributed by atoms with Crippen LogP contribution in [0.4, 0.5) is 0 Å². The van der Waals surface area contributed by atoms with Crippen molar-refractivity contribution in [3.05, 3.63) is 48.5 Å². The summed E-state index contributed by atoms with van der Waals surface area (Å²) in [6, 6.07) is 10.3. The second-order valence-corrected chi connectivity index (χ2v) is 7.26. The molecule has 1 fully saturated rings. The Bertz CT molecular complexity index is 604. The second kappa shape index (κ2) is 7.02. The van der Waals surface area contributed by atoms with E-state index >= 15 is 0 Å². The van der Waals surface area contributed by atoms with Crippen molar-refractivity contribution in [3.8, 4) is 0 Å². The van der Waals surface area contributed by atoms with Gasteiger partial charge in [0.1, 0.15) is 12.7 Å². The molecule has 0 radical (unpaired) electrons. The molecule has 1 N–H and O–H groups in total. The molecule has 0 spiro atoms. The number of aromatic nitrogens is 3. The topological polar surface area (TPSA) is 50.9 Å². The highest BCUT2D eigenvalue weighted by molar-refractivity contribution is 6.21. The van der Waals surface area contributed by atoms with Crippen molar-refractivity contribution in [2.75, 3.05) is 0 Å². The van der Waals surface area contributed by atoms with Crippen molar-refractivity contribution in [1.29, 1.82) is 0 Å². The van der Waals surface area contributed by atoms with Crippen LogP contribution in [-0.4, -0.2) is 25.5 Å². The Morgan fingerprint density at radius 1 is 1.30 bits per heavy atom. The summed E-state index contributed by atoms with van der Waals surface area (Å²) < 4.78 is 1.73. The van der Waals surface area contributed by atoms with E-state index in [9.17, 15) is 5.11 Å². The van der Waals surface area contributed by atoms with E-state index in [0.717, 1.165) is 25.7 Å². The molecule has 4 unspecified atom stereocenters. The Morgan fingerprint density at radius 3 is 2.78 bits per heavy atom. The molecule has 0 saturated heterocycles. The third kappa shape index (κ3) is 3.75. The van der Waals surface area contributed by atoms with E-state index in [1.807, 2.05) is 18.2 Å². The molecule has 23 heavy (non-hydrogen) atoms. The molecular weight excluding hydrogens is 310 g/mol. The van der Waals surface area contributed by atoms with Gasteiger partial charge in [0.2, 0.25) is 0 Å². The number of halogens is 1. The molecule has 0 aliphatic heterocycles. The maximum atomic E-state index is 11.1. The SMILES string of the molecule is CC1CCC(C(Cl)c2ccccc2)CCC1(O)Cn1cncn1. The summed E-state index contributed by atoms with van der Waals surface area (Å²) in [7, 11) is 0. The van der Waals surface area contributed by atoms with Gasteiger partial charge in [0.05, 0.1) is 17.5 Å². The highest BCUT2D eigenvalue weighted by atomic mass is 35.5. The number of alkyl halides is 1. The van der Waals surface area contributed by atoms with Gasteiger partial charge in [0.15, 0.2) is 0 Å². The van der Waals surface area contributed by atoms with Gasteiger partial charge in [-0.15, -0.1) is 11.6 Å². The predicted molar refractivity (Wildman–Crippen MR) is 91.1 cm³/mol. The molecule has 1 aliphatic carbocycles. The number of aliphatic hydroxyl groups is 1. The minimum Gasteiger partial charge on any atom is -0.388 e. The third-order valence-electron chi connectivity index (χ3n) is 5.27. The summed E-state index contributed by atoms with van der Waals surface area (Å²) in [5.41, 5.74) is 0.434. The van der Waals surface area contributed by atoms with Crippen molar-refractivity contribution in [1.82, 2.24) is 14.8 Å². The summed E-state index contributed by atoms with van der Waals surface area (Å²) >= 11 is 6.73. The van der Waals surface area contributed by atoms with Gasteiger partial charge in [-0.1, -0.05) is 37.3 Å². The molecule has 0 amide bonds. The predicted octanol–water partition coefficient (Wildman–Crippen LogP) is 3.82. The van der Waals surface area contributed by atoms with Crippen molar-refractivity contribution < 1.29 is 5.11 Å². The molecular formula is C18H24ClN3O. The van der Waals surface area contributed by atoms with Gasteiger partial charge in [-0.3, -0.25) is 4.68 Å². The van der Waals surface area contributed by atoms with Gasteiger partial charge in [-0.2, -0.15) is 5.10 Å². The Morgan fingerprint density at radius 2 is 2.09 bits per heavy atom. The van der Waals surface area contributed by atoms with Crippen LogP contribution < -0.4 is 0 Å². The van der Waals surface area contributed by atoms with Crippen LogP contribution in [0, 0.1) is 11.8 Å². The number of hydrogen-bond donors (Lipinski definition) is 1. The molecule has 1 aromatic heterocycles. The summed E-state index contributed by atoms with van der Waals surface area (Å²) in [6.07, 6.45) is 6.88. The Hall–Kier alpha value is -1.39. The van der Waals surface area contributed by atoms with Crippen molar-refractivity contribution in [2.45, 2.75) is 50.1 Å². The molecule has 1 aliphatic rings. The molecule has 3 rings (SSSR count). The van der Waals surface area contributed by atoms with Gasteiger partial charge in [0, 0.05) is 0 Å². The van der Waals surface area contributed by atoms with E-state index in [2.05, 4.69) is 29.1 Å². The van der Waals surface area contributed by atoms with Crippen molar-refractivity contribution in [2.24, 2.45) is 11.8 Å². The van der Waals surface area contributed by atoms with Crippen LogP contribution in [0.15, 0.2) is 43.0 Å². The molecule has 5 heteroatoms. The van der Waals surface area contributed by atoms with E-state index < -0.39 is 5.60 Å². The lowest BCUT2D eigenvalue weighted by Crippen LogP contribution is -2.40. The van der Waals surface area contributed by atoms with Crippen LogP contribution >= 0.6 is 11.6 Å². The molecule has 4 nitrogen and oxygen atoms in total. The molecule has 124 valence electrons. The van der Waals surface area contributed by atoms with Crippen molar-refractivity contribution in [3.63, 3.8) is 0 Å². The van der Waals surface area contributed by atoms with Crippen LogP contribution in [0.2, 0.25) is 0 Å². The minimum atomic E-state index is -0.740. The minimum absolute atomic E-state index is 0.0112. The monoisotopic (exact) mass is 333 g/mol. The maximum Gasteiger partial charge on any atom is 0.137 e. The van der Waals surface area contributed by atoms with Crippen molar-refractivity contribution >= 4 is 11.6 Å². The molecule has 2 aromatic rings. The highest BCUT2D eigenvalue weighted by Crippen LogP contribution is 2.42. The van der Waals surface area contributed by atoms with Crippen LogP contribution in [0.5, 0.6) is 0 Å². The Balaban J connectivity index is 1.70. The average molecular weight is 334 g/mol. The number of benzene rings is 1. The highest BCUT2D eigenvalue weighted by Gasteiger charge is 2.39. The molecule has 4 atom stereocenters. The van der Waals surface area contributed by atoms with Gasteiger partial charge < -0.3 is 5.11 Å². The van der Waals surface area contributed by atoms with Gasteiger partial charge in [0.25, 0.3) is 0 Å². The Kier molecular flexibility index (Phi) is 5.02. The van der Waals surface area contributed by atoms with E-state index in [0.29, 0.717) is 12.5 Å². The maximum absolute atomic E-state index is 11.1. The summed E-state index contributed by atoms with van der Waals surface area (Å²) in [5.74, 6) is 0.614. The lowest BCUT2D eigenvalue weighted by molar-refractivity contribution is -0.0360. The first-order chi connectivity index (χ1) is 11.1. The molecule has 1 saturated carbocycles. The first-order valence-corrected chi connectivity index (χ1v) is 8.76. The van der Waals surface area contributed by atoms with Gasteiger partial charge in [-0.05, 0) is 43.1 Å². The first kappa shape index (κ1) is 16.5. The second-order valence-electron chi connectivity index (χ2n) is 6.79. The summed E-state index contributed by atoms with van der Waals surface area (Å²) in [5, 5.41) is 15.3. The van der Waals surface area contributed by atoms with Crippen LogP contribution in [-0.2, 0) is 6.54 Å². The van der Waals surface area contributed by atoms with Gasteiger partial charge >= 0.3 is 0 Å². The van der Waals surface area contributed by atoms with E-state index in [4.69, 9.17) is 11.6 Å². The standard InChI is InChI=1S/C18H24ClN3O/c1-14-7-8-16(17(19)15-5-3-2-4-6-15)9-10-18(14,23)11-22-13-20-12-21-22/h2-6,12-14,16-17,23H,7-11H2,1H3. The summed E-state index contributed by atoms with van der Waals surface area (Å²) in [4.78, 5) is 3.97. The largest absolute Gasteiger partial charge is 0.388 e. The first-order valence-electron chi connectivity index (χ1n) is 8.32. The van der Waals surface area contributed by atoms with Crippen LogP contribution in [0.25, 0.3) is 0 Å². The lowest BCUT2D eigenvalue weighted by Gasteiger charge is -2.32. The number of hydrogen-bond acceptors (Lipinski definition) is 3. The van der Waals surface area contributed by atoms with E-state index in [-0.39, 0.29) is 11.3 Å². The van der Waals surface area contributed by atoms with E-state index in [1.54, 1.807) is 11.0 Å². The lowest BCUT2D eigenvalue weighted by atomic mass is 9.84. The average Bonchev–Trinajstić information content (AvgIpc) is 3.02. The van der Waals surface area contributed by atoms with Crippen LogP contribution in [0.1, 0.15) is 43.5 Å². The zero-order valence-corrected chi connectivity index (χ0v) is 14.2. The van der Waals surface area contributed by atoms with E-state index in [1.165, 1.54) is 11.9 Å². The number of rotatable bonds is 4. The zero-order valence-electron chi connectivity index (χ0n) is 13.5. The molecule has 1 aromatic carbocycles. The fourth-order valence-electron chi connectivity index (χ4n) is 3.59.